The van der Waals surface area contributed by atoms with Crippen LogP contribution in [0.2, 0.25) is 0 Å². The second kappa shape index (κ2) is 6.49. The van der Waals surface area contributed by atoms with E-state index in [1.807, 2.05) is 0 Å². The second-order valence-electron chi connectivity index (χ2n) is 4.99. The number of hydrogen-bond donors (Lipinski definition) is 2. The zero-order valence-corrected chi connectivity index (χ0v) is 12.2. The molecule has 0 unspecified atom stereocenters. The molecule has 1 aromatic rings. The third-order valence-corrected chi connectivity index (χ3v) is 4.76. The Bertz CT molecular complexity index is 490. The van der Waals surface area contributed by atoms with Crippen molar-refractivity contribution < 1.29 is 8.42 Å². The van der Waals surface area contributed by atoms with E-state index >= 15 is 0 Å². The van der Waals surface area contributed by atoms with Gasteiger partial charge in [0.15, 0.2) is 5.03 Å². The van der Waals surface area contributed by atoms with Crippen molar-refractivity contribution in [3.63, 3.8) is 0 Å². The molecule has 1 saturated heterocycles. The zero-order valence-electron chi connectivity index (χ0n) is 11.4. The minimum atomic E-state index is -3.44. The predicted molar refractivity (Wildman–Crippen MR) is 73.4 cm³/mol. The summed E-state index contributed by atoms with van der Waals surface area (Å²) < 4.78 is 26.5. The van der Waals surface area contributed by atoms with Crippen molar-refractivity contribution >= 4 is 10.0 Å². The first-order valence-corrected chi connectivity index (χ1v) is 8.30. The SMILES string of the molecule is Cc1ncc(S(=O)(=O)NCCN2CCCCCC2)[nH]1. The van der Waals surface area contributed by atoms with Gasteiger partial charge in [-0.05, 0) is 32.9 Å². The Labute approximate surface area is 114 Å². The maximum Gasteiger partial charge on any atom is 0.257 e. The number of aromatic nitrogens is 2. The molecular weight excluding hydrogens is 264 g/mol. The molecule has 1 fully saturated rings. The molecule has 2 N–H and O–H groups in total. The summed E-state index contributed by atoms with van der Waals surface area (Å²) >= 11 is 0. The van der Waals surface area contributed by atoms with Crippen LogP contribution in [-0.4, -0.2) is 49.5 Å². The average molecular weight is 286 g/mol. The molecule has 0 radical (unpaired) electrons. The Morgan fingerprint density at radius 1 is 1.32 bits per heavy atom. The summed E-state index contributed by atoms with van der Waals surface area (Å²) in [4.78, 5) is 8.97. The lowest BCUT2D eigenvalue weighted by Gasteiger charge is -2.19. The van der Waals surface area contributed by atoms with E-state index in [0.717, 1.165) is 19.6 Å². The van der Waals surface area contributed by atoms with Gasteiger partial charge in [0.25, 0.3) is 10.0 Å². The fraction of sp³-hybridized carbons (Fsp3) is 0.750. The molecule has 0 spiro atoms. The molecule has 1 aliphatic heterocycles. The number of aromatic amines is 1. The van der Waals surface area contributed by atoms with E-state index in [-0.39, 0.29) is 5.03 Å². The van der Waals surface area contributed by atoms with Crippen LogP contribution in [0.4, 0.5) is 0 Å². The van der Waals surface area contributed by atoms with E-state index in [0.29, 0.717) is 12.4 Å². The van der Waals surface area contributed by atoms with Crippen molar-refractivity contribution in [2.24, 2.45) is 0 Å². The van der Waals surface area contributed by atoms with E-state index in [1.54, 1.807) is 6.92 Å². The second-order valence-corrected chi connectivity index (χ2v) is 6.72. The van der Waals surface area contributed by atoms with Crippen molar-refractivity contribution in [1.29, 1.82) is 0 Å². The van der Waals surface area contributed by atoms with Crippen LogP contribution in [0.1, 0.15) is 31.5 Å². The number of aryl methyl sites for hydroxylation is 1. The number of H-pyrrole nitrogens is 1. The van der Waals surface area contributed by atoms with Gasteiger partial charge >= 0.3 is 0 Å². The molecule has 7 heteroatoms. The van der Waals surface area contributed by atoms with Gasteiger partial charge in [0.05, 0.1) is 6.20 Å². The molecule has 6 nitrogen and oxygen atoms in total. The van der Waals surface area contributed by atoms with Crippen LogP contribution in [0.25, 0.3) is 0 Å². The van der Waals surface area contributed by atoms with Crippen molar-refractivity contribution in [3.8, 4) is 0 Å². The molecule has 1 aliphatic rings. The highest BCUT2D eigenvalue weighted by Gasteiger charge is 2.16. The first-order chi connectivity index (χ1) is 9.08. The van der Waals surface area contributed by atoms with Gasteiger partial charge in [-0.1, -0.05) is 12.8 Å². The van der Waals surface area contributed by atoms with Crippen molar-refractivity contribution in [1.82, 2.24) is 19.6 Å². The molecule has 0 atom stereocenters. The van der Waals surface area contributed by atoms with E-state index in [9.17, 15) is 8.42 Å². The van der Waals surface area contributed by atoms with Gasteiger partial charge in [-0.25, -0.2) is 18.1 Å². The van der Waals surface area contributed by atoms with Crippen molar-refractivity contribution in [2.75, 3.05) is 26.2 Å². The van der Waals surface area contributed by atoms with Gasteiger partial charge < -0.3 is 9.88 Å². The lowest BCUT2D eigenvalue weighted by atomic mass is 10.2. The summed E-state index contributed by atoms with van der Waals surface area (Å²) in [5.41, 5.74) is 0. The summed E-state index contributed by atoms with van der Waals surface area (Å²) in [5, 5.41) is 0.140. The normalized spacial score (nSPS) is 18.4. The van der Waals surface area contributed by atoms with Gasteiger partial charge in [-0.3, -0.25) is 0 Å². The third kappa shape index (κ3) is 4.29. The molecule has 0 aliphatic carbocycles. The highest BCUT2D eigenvalue weighted by molar-refractivity contribution is 7.89. The minimum absolute atomic E-state index is 0.140. The van der Waals surface area contributed by atoms with Crippen LogP contribution < -0.4 is 4.72 Å². The number of likely N-dealkylation sites (tertiary alicyclic amines) is 1. The Hall–Kier alpha value is -0.920. The number of sulfonamides is 1. The third-order valence-electron chi connectivity index (χ3n) is 3.39. The Kier molecular flexibility index (Phi) is 4.95. The Balaban J connectivity index is 1.81. The minimum Gasteiger partial charge on any atom is -0.332 e. The van der Waals surface area contributed by atoms with Crippen LogP contribution >= 0.6 is 0 Å². The first kappa shape index (κ1) is 14.5. The molecule has 0 saturated carbocycles. The standard InChI is InChI=1S/C12H22N4O2S/c1-11-13-10-12(15-11)19(17,18)14-6-9-16-7-4-2-3-5-8-16/h10,14H,2-9H2,1H3,(H,13,15). The molecule has 2 heterocycles. The molecule has 0 bridgehead atoms. The van der Waals surface area contributed by atoms with Crippen LogP contribution in [0.15, 0.2) is 11.2 Å². The zero-order chi connectivity index (χ0) is 13.7. The fourth-order valence-electron chi connectivity index (χ4n) is 2.31. The smallest absolute Gasteiger partial charge is 0.257 e. The Morgan fingerprint density at radius 3 is 2.58 bits per heavy atom. The summed E-state index contributed by atoms with van der Waals surface area (Å²) in [5.74, 6) is 0.605. The highest BCUT2D eigenvalue weighted by atomic mass is 32.2. The maximum absolute atomic E-state index is 12.0. The van der Waals surface area contributed by atoms with E-state index in [1.165, 1.54) is 31.9 Å². The van der Waals surface area contributed by atoms with Gasteiger partial charge in [-0.2, -0.15) is 0 Å². The molecule has 19 heavy (non-hydrogen) atoms. The van der Waals surface area contributed by atoms with Crippen molar-refractivity contribution in [3.05, 3.63) is 12.0 Å². The average Bonchev–Trinajstić information content (AvgIpc) is 2.64. The number of imidazole rings is 1. The van der Waals surface area contributed by atoms with Gasteiger partial charge in [0, 0.05) is 13.1 Å². The molecule has 108 valence electrons. The summed E-state index contributed by atoms with van der Waals surface area (Å²) in [6, 6.07) is 0. The van der Waals surface area contributed by atoms with E-state index in [2.05, 4.69) is 19.6 Å². The lowest BCUT2D eigenvalue weighted by Crippen LogP contribution is -2.35. The van der Waals surface area contributed by atoms with E-state index in [4.69, 9.17) is 0 Å². The predicted octanol–water partition coefficient (Wildman–Crippen LogP) is 0.872. The quantitative estimate of drug-likeness (QED) is 0.842. The number of hydrogen-bond acceptors (Lipinski definition) is 4. The van der Waals surface area contributed by atoms with Gasteiger partial charge in [0.2, 0.25) is 0 Å². The molecular formula is C12H22N4O2S. The van der Waals surface area contributed by atoms with Crippen LogP contribution in [0.3, 0.4) is 0 Å². The highest BCUT2D eigenvalue weighted by Crippen LogP contribution is 2.09. The summed E-state index contributed by atoms with van der Waals surface area (Å²) in [7, 11) is -3.44. The van der Waals surface area contributed by atoms with Gasteiger partial charge in [0.1, 0.15) is 5.82 Å². The first-order valence-electron chi connectivity index (χ1n) is 6.81. The largest absolute Gasteiger partial charge is 0.332 e. The monoisotopic (exact) mass is 286 g/mol. The van der Waals surface area contributed by atoms with E-state index < -0.39 is 10.0 Å². The topological polar surface area (TPSA) is 78.1 Å². The van der Waals surface area contributed by atoms with Crippen LogP contribution in [0.5, 0.6) is 0 Å². The molecule has 0 aromatic carbocycles. The fourth-order valence-corrected chi connectivity index (χ4v) is 3.30. The van der Waals surface area contributed by atoms with Crippen LogP contribution in [0, 0.1) is 6.92 Å². The Morgan fingerprint density at radius 2 is 2.00 bits per heavy atom. The molecule has 1 aromatic heterocycles. The number of nitrogens with zero attached hydrogens (tertiary/aromatic N) is 2. The lowest BCUT2D eigenvalue weighted by molar-refractivity contribution is 0.290. The van der Waals surface area contributed by atoms with Gasteiger partial charge in [-0.15, -0.1) is 0 Å². The summed E-state index contributed by atoms with van der Waals surface area (Å²) in [6.45, 7) is 5.10. The number of nitrogens with one attached hydrogen (secondary N) is 2. The van der Waals surface area contributed by atoms with Crippen molar-refractivity contribution in [2.45, 2.75) is 37.6 Å². The van der Waals surface area contributed by atoms with Crippen LogP contribution in [-0.2, 0) is 10.0 Å². The molecule has 2 rings (SSSR count). The summed E-state index contributed by atoms with van der Waals surface area (Å²) in [6.07, 6.45) is 6.36. The molecule has 0 amide bonds. The maximum atomic E-state index is 12.0. The number of rotatable bonds is 5.